The van der Waals surface area contributed by atoms with E-state index in [9.17, 15) is 0 Å². The van der Waals surface area contributed by atoms with Gasteiger partial charge >= 0.3 is 0 Å². The van der Waals surface area contributed by atoms with Crippen molar-refractivity contribution in [3.63, 3.8) is 0 Å². The first kappa shape index (κ1) is 27.5. The lowest BCUT2D eigenvalue weighted by atomic mass is 9.75. The molecule has 0 aliphatic rings. The SMILES string of the molecule is CCCCCCCCC(C(C)(C)C)C(OCC)(OCC)OCC.N=C=O. The summed E-state index contributed by atoms with van der Waals surface area (Å²) in [5.41, 5.74) is 0.0723. The molecular weight excluding hydrogens is 330 g/mol. The third kappa shape index (κ3) is 11.8. The zero-order valence-corrected chi connectivity index (χ0v) is 18.3. The van der Waals surface area contributed by atoms with Gasteiger partial charge in [-0.25, -0.2) is 10.2 Å². The highest BCUT2D eigenvalue weighted by molar-refractivity contribution is 5.26. The molecule has 0 saturated carbocycles. The predicted octanol–water partition coefficient (Wildman–Crippen LogP) is 6.06. The quantitative estimate of drug-likeness (QED) is 0.174. The number of isocyanates is 1. The van der Waals surface area contributed by atoms with Crippen LogP contribution in [0.1, 0.15) is 93.4 Å². The number of rotatable bonds is 14. The molecule has 0 radical (unpaired) electrons. The van der Waals surface area contributed by atoms with Gasteiger partial charge in [-0.3, -0.25) is 0 Å². The van der Waals surface area contributed by atoms with Crippen molar-refractivity contribution in [3.05, 3.63) is 0 Å². The highest BCUT2D eigenvalue weighted by Crippen LogP contribution is 2.42. The van der Waals surface area contributed by atoms with Gasteiger partial charge in [0, 0.05) is 25.7 Å². The van der Waals surface area contributed by atoms with E-state index in [1.807, 2.05) is 20.8 Å². The van der Waals surface area contributed by atoms with Crippen LogP contribution in [-0.4, -0.2) is 31.9 Å². The largest absolute Gasteiger partial charge is 0.328 e. The molecule has 5 nitrogen and oxygen atoms in total. The van der Waals surface area contributed by atoms with E-state index in [1.54, 1.807) is 0 Å². The van der Waals surface area contributed by atoms with Crippen molar-refractivity contribution in [2.24, 2.45) is 11.3 Å². The van der Waals surface area contributed by atoms with Crippen molar-refractivity contribution < 1.29 is 19.0 Å². The van der Waals surface area contributed by atoms with Gasteiger partial charge in [0.25, 0.3) is 5.97 Å². The normalized spacial score (nSPS) is 12.9. The maximum Gasteiger partial charge on any atom is 0.286 e. The van der Waals surface area contributed by atoms with Gasteiger partial charge in [-0.05, 0) is 32.6 Å². The molecule has 0 saturated heterocycles. The summed E-state index contributed by atoms with van der Waals surface area (Å²) in [7, 11) is 0. The summed E-state index contributed by atoms with van der Waals surface area (Å²) in [5, 5.41) is 5.40. The number of hydrogen-bond donors (Lipinski definition) is 1. The summed E-state index contributed by atoms with van der Waals surface area (Å²) in [6.45, 7) is 16.9. The van der Waals surface area contributed by atoms with Gasteiger partial charge in [0.15, 0.2) is 0 Å². The Morgan fingerprint density at radius 1 is 0.808 bits per heavy atom. The molecule has 0 aliphatic carbocycles. The minimum Gasteiger partial charge on any atom is -0.328 e. The van der Waals surface area contributed by atoms with Crippen LogP contribution in [0.4, 0.5) is 0 Å². The minimum atomic E-state index is -0.903. The molecule has 1 atom stereocenters. The highest BCUT2D eigenvalue weighted by atomic mass is 16.9. The Bertz CT molecular complexity index is 329. The summed E-state index contributed by atoms with van der Waals surface area (Å²) in [6, 6.07) is 0. The van der Waals surface area contributed by atoms with Gasteiger partial charge in [-0.1, -0.05) is 66.2 Å². The lowest BCUT2D eigenvalue weighted by molar-refractivity contribution is -0.413. The molecule has 0 spiro atoms. The molecule has 1 unspecified atom stereocenters. The molecule has 0 aromatic heterocycles. The number of hydrogen-bond acceptors (Lipinski definition) is 5. The third-order valence-electron chi connectivity index (χ3n) is 4.36. The standard InChI is InChI=1S/C20H42O3.CHNO/c1-8-12-13-14-15-16-17-18(19(5,6)7)20(21-9-2,22-10-3)23-11-4;2-1-3/h18H,8-17H2,1-7H3;2H. The Morgan fingerprint density at radius 2 is 1.19 bits per heavy atom. The predicted molar refractivity (Wildman–Crippen MR) is 107 cm³/mol. The van der Waals surface area contributed by atoms with Crippen LogP contribution in [0.5, 0.6) is 0 Å². The van der Waals surface area contributed by atoms with Gasteiger partial charge in [-0.2, -0.15) is 0 Å². The number of nitrogens with one attached hydrogen (secondary N) is 1. The van der Waals surface area contributed by atoms with Gasteiger partial charge in [0.2, 0.25) is 6.08 Å². The van der Waals surface area contributed by atoms with E-state index >= 15 is 0 Å². The average molecular weight is 374 g/mol. The summed E-state index contributed by atoms with van der Waals surface area (Å²) in [4.78, 5) is 8.35. The molecule has 0 bridgehead atoms. The van der Waals surface area contributed by atoms with Crippen molar-refractivity contribution in [2.45, 2.75) is 99.4 Å². The second kappa shape index (κ2) is 16.4. The maximum absolute atomic E-state index is 8.35. The first-order chi connectivity index (χ1) is 12.3. The molecule has 0 aliphatic heterocycles. The fourth-order valence-corrected chi connectivity index (χ4v) is 3.30. The van der Waals surface area contributed by atoms with Crippen LogP contribution < -0.4 is 0 Å². The zero-order valence-electron chi connectivity index (χ0n) is 18.3. The number of unbranched alkanes of at least 4 members (excludes halogenated alkanes) is 5. The molecule has 0 rings (SSSR count). The van der Waals surface area contributed by atoms with Crippen LogP contribution >= 0.6 is 0 Å². The molecule has 5 heteroatoms. The van der Waals surface area contributed by atoms with Crippen molar-refractivity contribution in [1.82, 2.24) is 0 Å². The fraction of sp³-hybridized carbons (Fsp3) is 0.952. The monoisotopic (exact) mass is 373 g/mol. The van der Waals surface area contributed by atoms with Gasteiger partial charge in [0.1, 0.15) is 0 Å². The van der Waals surface area contributed by atoms with Crippen LogP contribution in [0, 0.1) is 16.7 Å². The summed E-state index contributed by atoms with van der Waals surface area (Å²) < 4.78 is 18.2. The van der Waals surface area contributed by atoms with Crippen molar-refractivity contribution in [2.75, 3.05) is 19.8 Å². The number of ether oxygens (including phenoxy) is 3. The van der Waals surface area contributed by atoms with E-state index < -0.39 is 5.97 Å². The van der Waals surface area contributed by atoms with Crippen molar-refractivity contribution in [1.29, 1.82) is 5.41 Å². The van der Waals surface area contributed by atoms with Crippen LogP contribution in [0.2, 0.25) is 0 Å². The Labute approximate surface area is 161 Å². The van der Waals surface area contributed by atoms with Crippen LogP contribution in [0.25, 0.3) is 0 Å². The van der Waals surface area contributed by atoms with E-state index in [-0.39, 0.29) is 11.3 Å². The summed E-state index contributed by atoms with van der Waals surface area (Å²) in [5.74, 6) is -0.680. The minimum absolute atomic E-state index is 0.0723. The van der Waals surface area contributed by atoms with E-state index in [4.69, 9.17) is 24.4 Å². The number of carbonyl (C=O) groups excluding carboxylic acids is 1. The third-order valence-corrected chi connectivity index (χ3v) is 4.36. The van der Waals surface area contributed by atoms with E-state index in [1.165, 1.54) is 38.5 Å². The smallest absolute Gasteiger partial charge is 0.286 e. The second-order valence-corrected chi connectivity index (χ2v) is 7.48. The summed E-state index contributed by atoms with van der Waals surface area (Å²) in [6.07, 6.45) is 9.65. The highest BCUT2D eigenvalue weighted by Gasteiger charge is 2.47. The molecule has 0 fully saturated rings. The first-order valence-electron chi connectivity index (χ1n) is 10.2. The van der Waals surface area contributed by atoms with Gasteiger partial charge in [-0.15, -0.1) is 0 Å². The van der Waals surface area contributed by atoms with E-state index in [2.05, 4.69) is 27.7 Å². The molecule has 0 amide bonds. The molecule has 156 valence electrons. The second-order valence-electron chi connectivity index (χ2n) is 7.48. The average Bonchev–Trinajstić information content (AvgIpc) is 2.54. The van der Waals surface area contributed by atoms with Crippen LogP contribution in [0.15, 0.2) is 0 Å². The van der Waals surface area contributed by atoms with Crippen molar-refractivity contribution >= 4 is 6.08 Å². The van der Waals surface area contributed by atoms with Gasteiger partial charge in [0.05, 0.1) is 0 Å². The molecule has 26 heavy (non-hydrogen) atoms. The topological polar surface area (TPSA) is 68.6 Å². The molecule has 0 heterocycles. The molecule has 1 N–H and O–H groups in total. The Balaban J connectivity index is 0. The van der Waals surface area contributed by atoms with Crippen molar-refractivity contribution in [3.8, 4) is 0 Å². The van der Waals surface area contributed by atoms with E-state index in [0.29, 0.717) is 19.8 Å². The molecule has 0 aromatic rings. The van der Waals surface area contributed by atoms with Crippen LogP contribution in [0.3, 0.4) is 0 Å². The van der Waals surface area contributed by atoms with Gasteiger partial charge < -0.3 is 14.2 Å². The Hall–Kier alpha value is -0.740. The lowest BCUT2D eigenvalue weighted by Gasteiger charge is -2.45. The zero-order chi connectivity index (χ0) is 20.5. The lowest BCUT2D eigenvalue weighted by Crippen LogP contribution is -2.51. The fourth-order valence-electron chi connectivity index (χ4n) is 3.30. The Kier molecular flexibility index (Phi) is 17.4. The van der Waals surface area contributed by atoms with Crippen LogP contribution in [-0.2, 0) is 19.0 Å². The first-order valence-corrected chi connectivity index (χ1v) is 10.2. The Morgan fingerprint density at radius 3 is 1.54 bits per heavy atom. The molecule has 0 aromatic carbocycles. The summed E-state index contributed by atoms with van der Waals surface area (Å²) >= 11 is 0. The van der Waals surface area contributed by atoms with E-state index in [0.717, 1.165) is 12.5 Å². The maximum atomic E-state index is 8.35. The molecular formula is C21H43NO4.